The number of aliphatic hydroxyl groups is 1. The molecule has 1 unspecified atom stereocenters. The number of ether oxygens (including phenoxy) is 1. The van der Waals surface area contributed by atoms with Gasteiger partial charge in [0.25, 0.3) is 0 Å². The van der Waals surface area contributed by atoms with Crippen LogP contribution >= 0.6 is 0 Å². The van der Waals surface area contributed by atoms with E-state index in [4.69, 9.17) is 9.72 Å². The van der Waals surface area contributed by atoms with E-state index in [9.17, 15) is 20.4 Å². The Bertz CT molecular complexity index is 1650. The highest BCUT2D eigenvalue weighted by Crippen LogP contribution is 2.40. The van der Waals surface area contributed by atoms with E-state index in [-0.39, 0.29) is 24.2 Å². The standard InChI is InChI=1S/C34H37N7O3/c1-6-29(42)41-17-16-39(19-25(41)10-13-35)32-26-12-15-40(34(43)30-21(2)8-7-9-22(30)3)20-28(26)27(18-36)33(38-32)44-31-23(4)11-14-37-24(31)5/h6-9,11,14,25,34,43H,1,10,12,15-17,19-20H2,2-5H3/t25-,34?/m1/s1. The molecule has 0 aliphatic carbocycles. The molecule has 10 nitrogen and oxygen atoms in total. The molecule has 0 bridgehead atoms. The summed E-state index contributed by atoms with van der Waals surface area (Å²) in [5.41, 5.74) is 6.39. The van der Waals surface area contributed by atoms with Gasteiger partial charge in [-0.15, -0.1) is 0 Å². The van der Waals surface area contributed by atoms with Gasteiger partial charge in [-0.3, -0.25) is 14.7 Å². The lowest BCUT2D eigenvalue weighted by molar-refractivity contribution is -0.128. The van der Waals surface area contributed by atoms with Gasteiger partial charge in [0.15, 0.2) is 5.75 Å². The molecule has 1 N–H and O–H groups in total. The van der Waals surface area contributed by atoms with E-state index in [0.29, 0.717) is 62.0 Å². The van der Waals surface area contributed by atoms with E-state index in [1.165, 1.54) is 6.08 Å². The molecule has 2 aliphatic rings. The van der Waals surface area contributed by atoms with Gasteiger partial charge in [-0.25, -0.2) is 0 Å². The van der Waals surface area contributed by atoms with Crippen LogP contribution in [0.1, 0.15) is 57.3 Å². The summed E-state index contributed by atoms with van der Waals surface area (Å²) in [6.07, 6.45) is 2.85. The lowest BCUT2D eigenvalue weighted by atomic mass is 9.93. The second kappa shape index (κ2) is 12.8. The molecular weight excluding hydrogens is 554 g/mol. The van der Waals surface area contributed by atoms with Crippen molar-refractivity contribution in [2.45, 2.75) is 59.4 Å². The number of hydrogen-bond acceptors (Lipinski definition) is 9. The number of carbonyl (C=O) groups is 1. The molecule has 1 aromatic carbocycles. The van der Waals surface area contributed by atoms with Gasteiger partial charge in [-0.05, 0) is 68.5 Å². The third-order valence-electron chi connectivity index (χ3n) is 8.67. The van der Waals surface area contributed by atoms with E-state index in [1.54, 1.807) is 11.1 Å². The first-order valence-corrected chi connectivity index (χ1v) is 14.8. The van der Waals surface area contributed by atoms with Crippen molar-refractivity contribution in [3.63, 3.8) is 0 Å². The number of anilines is 1. The largest absolute Gasteiger partial charge is 0.435 e. The number of rotatable bonds is 7. The molecule has 10 heteroatoms. The normalized spacial score (nSPS) is 17.3. The maximum absolute atomic E-state index is 12.6. The number of aromatic nitrogens is 2. The molecule has 2 aromatic heterocycles. The van der Waals surface area contributed by atoms with Crippen molar-refractivity contribution in [1.82, 2.24) is 19.8 Å². The third-order valence-corrected chi connectivity index (χ3v) is 8.67. The van der Waals surface area contributed by atoms with Crippen LogP contribution in [0.4, 0.5) is 5.82 Å². The van der Waals surface area contributed by atoms with Crippen LogP contribution in [-0.4, -0.2) is 63.0 Å². The summed E-state index contributed by atoms with van der Waals surface area (Å²) in [6, 6.07) is 12.0. The van der Waals surface area contributed by atoms with Gasteiger partial charge in [0.2, 0.25) is 11.8 Å². The Kier molecular flexibility index (Phi) is 8.96. The molecule has 3 aromatic rings. The number of pyridine rings is 2. The Morgan fingerprint density at radius 2 is 1.89 bits per heavy atom. The Morgan fingerprint density at radius 3 is 2.55 bits per heavy atom. The molecule has 0 spiro atoms. The predicted octanol–water partition coefficient (Wildman–Crippen LogP) is 4.54. The van der Waals surface area contributed by atoms with Gasteiger partial charge in [0.1, 0.15) is 23.7 Å². The fourth-order valence-corrected chi connectivity index (χ4v) is 6.35. The number of hydrogen-bond donors (Lipinski definition) is 1. The first-order valence-electron chi connectivity index (χ1n) is 14.8. The molecule has 4 heterocycles. The van der Waals surface area contributed by atoms with Crippen molar-refractivity contribution in [2.24, 2.45) is 0 Å². The van der Waals surface area contributed by atoms with Crippen LogP contribution in [0.2, 0.25) is 0 Å². The second-order valence-electron chi connectivity index (χ2n) is 11.4. The van der Waals surface area contributed by atoms with Crippen molar-refractivity contribution in [1.29, 1.82) is 10.5 Å². The van der Waals surface area contributed by atoms with Gasteiger partial charge < -0.3 is 19.6 Å². The van der Waals surface area contributed by atoms with Crippen molar-refractivity contribution in [2.75, 3.05) is 31.1 Å². The van der Waals surface area contributed by atoms with E-state index < -0.39 is 6.23 Å². The van der Waals surface area contributed by atoms with E-state index in [0.717, 1.165) is 33.4 Å². The number of fused-ring (bicyclic) bond motifs is 1. The smallest absolute Gasteiger partial charge is 0.246 e. The van der Waals surface area contributed by atoms with Crippen LogP contribution < -0.4 is 9.64 Å². The van der Waals surface area contributed by atoms with Crippen molar-refractivity contribution in [3.8, 4) is 23.8 Å². The molecule has 2 aliphatic heterocycles. The molecule has 1 saturated heterocycles. The van der Waals surface area contributed by atoms with Crippen LogP contribution in [-0.2, 0) is 17.8 Å². The van der Waals surface area contributed by atoms with E-state index in [1.807, 2.05) is 56.9 Å². The van der Waals surface area contributed by atoms with Crippen LogP contribution in [0.25, 0.3) is 0 Å². The average Bonchev–Trinajstić information content (AvgIpc) is 3.01. The number of nitriles is 2. The summed E-state index contributed by atoms with van der Waals surface area (Å²) < 4.78 is 6.40. The number of aryl methyl sites for hydroxylation is 4. The number of piperazine rings is 1. The van der Waals surface area contributed by atoms with Crippen LogP contribution in [0, 0.1) is 50.4 Å². The van der Waals surface area contributed by atoms with Crippen LogP contribution in [0.5, 0.6) is 11.6 Å². The fraction of sp³-hybridized carbons (Fsp3) is 0.382. The zero-order valence-electron chi connectivity index (χ0n) is 25.7. The van der Waals surface area contributed by atoms with Crippen molar-refractivity contribution >= 4 is 11.7 Å². The molecule has 1 fully saturated rings. The summed E-state index contributed by atoms with van der Waals surface area (Å²) in [7, 11) is 0. The molecule has 2 atom stereocenters. The minimum atomic E-state index is -0.854. The number of carbonyl (C=O) groups excluding carboxylic acids is 1. The first-order chi connectivity index (χ1) is 21.2. The fourth-order valence-electron chi connectivity index (χ4n) is 6.35. The second-order valence-corrected chi connectivity index (χ2v) is 11.4. The van der Waals surface area contributed by atoms with Gasteiger partial charge in [-0.2, -0.15) is 15.5 Å². The summed E-state index contributed by atoms with van der Waals surface area (Å²) in [4.78, 5) is 27.7. The molecular formula is C34H37N7O3. The molecule has 0 saturated carbocycles. The number of amides is 1. The van der Waals surface area contributed by atoms with Crippen LogP contribution in [0.15, 0.2) is 43.1 Å². The maximum Gasteiger partial charge on any atom is 0.246 e. The zero-order chi connectivity index (χ0) is 31.5. The van der Waals surface area contributed by atoms with Gasteiger partial charge in [0, 0.05) is 50.0 Å². The third kappa shape index (κ3) is 5.74. The zero-order valence-corrected chi connectivity index (χ0v) is 25.7. The Labute approximate surface area is 258 Å². The topological polar surface area (TPSA) is 130 Å². The Balaban J connectivity index is 1.61. The summed E-state index contributed by atoms with van der Waals surface area (Å²) in [6.45, 7) is 13.5. The predicted molar refractivity (Wildman–Crippen MR) is 166 cm³/mol. The summed E-state index contributed by atoms with van der Waals surface area (Å²) in [5.74, 6) is 1.17. The number of aliphatic hydroxyl groups excluding tert-OH is 1. The molecule has 0 radical (unpaired) electrons. The van der Waals surface area contributed by atoms with Crippen molar-refractivity contribution in [3.05, 3.63) is 87.8 Å². The average molecular weight is 592 g/mol. The van der Waals surface area contributed by atoms with E-state index >= 15 is 0 Å². The van der Waals surface area contributed by atoms with Crippen molar-refractivity contribution < 1.29 is 14.6 Å². The highest BCUT2D eigenvalue weighted by atomic mass is 16.5. The SMILES string of the molecule is C=CC(=O)N1CCN(c2nc(Oc3c(C)ccnc3C)c(C#N)c3c2CCN(C(O)c2c(C)cccc2C)C3)C[C@H]1CC#N. The lowest BCUT2D eigenvalue weighted by Gasteiger charge is -2.42. The van der Waals surface area contributed by atoms with Gasteiger partial charge in [0.05, 0.1) is 24.2 Å². The molecule has 1 amide bonds. The minimum absolute atomic E-state index is 0.168. The Hall–Kier alpha value is -4.77. The van der Waals surface area contributed by atoms with Gasteiger partial charge >= 0.3 is 0 Å². The molecule has 226 valence electrons. The highest BCUT2D eigenvalue weighted by Gasteiger charge is 2.36. The first kappa shape index (κ1) is 30.7. The van der Waals surface area contributed by atoms with Gasteiger partial charge in [-0.1, -0.05) is 24.8 Å². The van der Waals surface area contributed by atoms with Crippen LogP contribution in [0.3, 0.4) is 0 Å². The minimum Gasteiger partial charge on any atom is -0.435 e. The summed E-state index contributed by atoms with van der Waals surface area (Å²) in [5, 5.41) is 31.6. The maximum atomic E-state index is 12.6. The lowest BCUT2D eigenvalue weighted by Crippen LogP contribution is -2.55. The molecule has 5 rings (SSSR count). The summed E-state index contributed by atoms with van der Waals surface area (Å²) >= 11 is 0. The highest BCUT2D eigenvalue weighted by molar-refractivity contribution is 5.87. The number of benzene rings is 1. The van der Waals surface area contributed by atoms with E-state index in [2.05, 4.69) is 28.6 Å². The monoisotopic (exact) mass is 591 g/mol. The number of nitrogens with zero attached hydrogens (tertiary/aromatic N) is 7. The molecule has 44 heavy (non-hydrogen) atoms. The Morgan fingerprint density at radius 1 is 1.14 bits per heavy atom. The quantitative estimate of drug-likeness (QED) is 0.394.